The summed E-state index contributed by atoms with van der Waals surface area (Å²) < 4.78 is 39.6. The average Bonchev–Trinajstić information content (AvgIpc) is 2.41. The van der Waals surface area contributed by atoms with E-state index >= 15 is 0 Å². The van der Waals surface area contributed by atoms with Crippen LogP contribution in [0.1, 0.15) is 5.56 Å². The van der Waals surface area contributed by atoms with Crippen LogP contribution in [0.5, 0.6) is 0 Å². The van der Waals surface area contributed by atoms with Gasteiger partial charge in [-0.25, -0.2) is 12.8 Å². The molecule has 0 saturated carbocycles. The Bertz CT molecular complexity index is 710. The molecule has 3 nitrogen and oxygen atoms in total. The van der Waals surface area contributed by atoms with Crippen LogP contribution in [0.2, 0.25) is 0 Å². The molecule has 2 aromatic rings. The maximum atomic E-state index is 12.7. The molecular formula is C14H11BrFNO2S. The summed E-state index contributed by atoms with van der Waals surface area (Å²) in [4.78, 5) is 0. The Morgan fingerprint density at radius 2 is 1.60 bits per heavy atom. The Hall–Kier alpha value is -1.66. The number of hydrogen-bond donors (Lipinski definition) is 1. The summed E-state index contributed by atoms with van der Waals surface area (Å²) in [5, 5.41) is 1.07. The highest BCUT2D eigenvalue weighted by molar-refractivity contribution is 9.10. The number of rotatable bonds is 4. The maximum absolute atomic E-state index is 12.7. The van der Waals surface area contributed by atoms with Crippen molar-refractivity contribution in [3.63, 3.8) is 0 Å². The predicted octanol–water partition coefficient (Wildman–Crippen LogP) is 4.00. The third-order valence-corrected chi connectivity index (χ3v) is 3.96. The average molecular weight is 356 g/mol. The van der Waals surface area contributed by atoms with Crippen LogP contribution >= 0.6 is 15.9 Å². The normalized spacial score (nSPS) is 11.7. The van der Waals surface area contributed by atoms with Crippen molar-refractivity contribution < 1.29 is 12.8 Å². The van der Waals surface area contributed by atoms with Crippen LogP contribution in [0, 0.1) is 5.82 Å². The highest BCUT2D eigenvalue weighted by Gasteiger charge is 2.05. The first kappa shape index (κ1) is 14.7. The number of sulfonamides is 1. The Kier molecular flexibility index (Phi) is 4.57. The Morgan fingerprint density at radius 1 is 1.00 bits per heavy atom. The van der Waals surface area contributed by atoms with Crippen LogP contribution in [0.15, 0.2) is 58.4 Å². The first-order valence-electron chi connectivity index (χ1n) is 5.67. The Labute approximate surface area is 125 Å². The fourth-order valence-electron chi connectivity index (χ4n) is 1.46. The highest BCUT2D eigenvalue weighted by atomic mass is 79.9. The van der Waals surface area contributed by atoms with E-state index in [1.807, 2.05) is 12.1 Å². The molecule has 0 aliphatic carbocycles. The van der Waals surface area contributed by atoms with Gasteiger partial charge in [0.25, 0.3) is 10.0 Å². The lowest BCUT2D eigenvalue weighted by Gasteiger charge is -2.03. The van der Waals surface area contributed by atoms with Gasteiger partial charge in [0.15, 0.2) is 0 Å². The van der Waals surface area contributed by atoms with Crippen molar-refractivity contribution in [1.29, 1.82) is 0 Å². The monoisotopic (exact) mass is 355 g/mol. The van der Waals surface area contributed by atoms with E-state index in [9.17, 15) is 12.8 Å². The minimum atomic E-state index is -3.62. The lowest BCUT2D eigenvalue weighted by Crippen LogP contribution is -2.08. The van der Waals surface area contributed by atoms with Crippen LogP contribution in [0.3, 0.4) is 0 Å². The third kappa shape index (κ3) is 4.47. The van der Waals surface area contributed by atoms with Crippen LogP contribution in [0.4, 0.5) is 10.1 Å². The molecule has 1 N–H and O–H groups in total. The van der Waals surface area contributed by atoms with Gasteiger partial charge in [-0.1, -0.05) is 28.1 Å². The number of hydrogen-bond acceptors (Lipinski definition) is 2. The number of nitrogens with one attached hydrogen (secondary N) is 1. The summed E-state index contributed by atoms with van der Waals surface area (Å²) >= 11 is 3.30. The van der Waals surface area contributed by atoms with Gasteiger partial charge in [0.05, 0.1) is 5.41 Å². The van der Waals surface area contributed by atoms with E-state index in [-0.39, 0.29) is 0 Å². The lowest BCUT2D eigenvalue weighted by atomic mass is 10.2. The van der Waals surface area contributed by atoms with E-state index in [1.54, 1.807) is 12.1 Å². The zero-order valence-corrected chi connectivity index (χ0v) is 12.7. The van der Waals surface area contributed by atoms with Crippen molar-refractivity contribution in [2.24, 2.45) is 0 Å². The molecule has 2 aromatic carbocycles. The minimum Gasteiger partial charge on any atom is -0.280 e. The van der Waals surface area contributed by atoms with Crippen molar-refractivity contribution in [3.8, 4) is 0 Å². The smallest absolute Gasteiger partial charge is 0.255 e. The Morgan fingerprint density at radius 3 is 2.20 bits per heavy atom. The summed E-state index contributed by atoms with van der Waals surface area (Å²) in [5.41, 5.74) is 1.07. The summed E-state index contributed by atoms with van der Waals surface area (Å²) in [6, 6.07) is 12.3. The van der Waals surface area contributed by atoms with E-state index in [4.69, 9.17) is 0 Å². The minimum absolute atomic E-state index is 0.312. The van der Waals surface area contributed by atoms with Crippen LogP contribution in [-0.2, 0) is 10.0 Å². The molecular weight excluding hydrogens is 345 g/mol. The van der Waals surface area contributed by atoms with Gasteiger partial charge in [0.2, 0.25) is 0 Å². The van der Waals surface area contributed by atoms with Crippen molar-refractivity contribution in [2.45, 2.75) is 0 Å². The molecule has 0 bridgehead atoms. The van der Waals surface area contributed by atoms with Crippen LogP contribution < -0.4 is 4.72 Å². The first-order chi connectivity index (χ1) is 9.44. The molecule has 0 spiro atoms. The molecule has 0 amide bonds. The van der Waals surface area contributed by atoms with Gasteiger partial charge in [0, 0.05) is 10.2 Å². The molecule has 0 fully saturated rings. The molecule has 0 saturated heterocycles. The van der Waals surface area contributed by atoms with Crippen molar-refractivity contribution in [3.05, 3.63) is 69.8 Å². The Balaban J connectivity index is 2.11. The molecule has 0 aliphatic rings. The van der Waals surface area contributed by atoms with Crippen molar-refractivity contribution in [2.75, 3.05) is 4.72 Å². The lowest BCUT2D eigenvalue weighted by molar-refractivity contribution is 0.609. The summed E-state index contributed by atoms with van der Waals surface area (Å²) in [6.45, 7) is 0. The van der Waals surface area contributed by atoms with E-state index in [0.717, 1.165) is 15.4 Å². The van der Waals surface area contributed by atoms with Gasteiger partial charge >= 0.3 is 0 Å². The summed E-state index contributed by atoms with van der Waals surface area (Å²) in [6.07, 6.45) is 1.48. The molecule has 0 unspecified atom stereocenters. The topological polar surface area (TPSA) is 46.2 Å². The molecule has 2 rings (SSSR count). The second-order valence-electron chi connectivity index (χ2n) is 4.01. The van der Waals surface area contributed by atoms with E-state index in [1.165, 1.54) is 30.3 Å². The van der Waals surface area contributed by atoms with Gasteiger partial charge in [-0.2, -0.15) is 0 Å². The molecule has 6 heteroatoms. The largest absolute Gasteiger partial charge is 0.280 e. The molecule has 20 heavy (non-hydrogen) atoms. The van der Waals surface area contributed by atoms with Gasteiger partial charge in [-0.15, -0.1) is 0 Å². The van der Waals surface area contributed by atoms with Gasteiger partial charge < -0.3 is 0 Å². The molecule has 0 atom stereocenters. The van der Waals surface area contributed by atoms with E-state index in [2.05, 4.69) is 20.7 Å². The molecule has 0 heterocycles. The van der Waals surface area contributed by atoms with Gasteiger partial charge in [0.1, 0.15) is 5.82 Å². The molecule has 0 aromatic heterocycles. The quantitative estimate of drug-likeness (QED) is 0.900. The fraction of sp³-hybridized carbons (Fsp3) is 0. The van der Waals surface area contributed by atoms with Gasteiger partial charge in [-0.05, 0) is 48.0 Å². The predicted molar refractivity (Wildman–Crippen MR) is 82.1 cm³/mol. The fourth-order valence-corrected chi connectivity index (χ4v) is 2.59. The number of anilines is 1. The van der Waals surface area contributed by atoms with Crippen LogP contribution in [0.25, 0.3) is 6.08 Å². The van der Waals surface area contributed by atoms with Crippen molar-refractivity contribution >= 4 is 37.7 Å². The third-order valence-electron chi connectivity index (χ3n) is 2.41. The molecule has 104 valence electrons. The zero-order chi connectivity index (χ0) is 14.6. The van der Waals surface area contributed by atoms with E-state index < -0.39 is 15.8 Å². The number of benzene rings is 2. The standard InChI is InChI=1S/C14H11BrFNO2S/c15-12-3-1-11(2-4-12)9-10-20(18,19)17-14-7-5-13(16)6-8-14/h1-10,17H/b10-9+. The van der Waals surface area contributed by atoms with Gasteiger partial charge in [-0.3, -0.25) is 4.72 Å². The first-order valence-corrected chi connectivity index (χ1v) is 8.01. The second kappa shape index (κ2) is 6.19. The summed E-state index contributed by atoms with van der Waals surface area (Å²) in [7, 11) is -3.62. The van der Waals surface area contributed by atoms with E-state index in [0.29, 0.717) is 5.69 Å². The SMILES string of the molecule is O=S(=O)(/C=C/c1ccc(Br)cc1)Nc1ccc(F)cc1. The highest BCUT2D eigenvalue weighted by Crippen LogP contribution is 2.14. The second-order valence-corrected chi connectivity index (χ2v) is 6.49. The number of halogens is 2. The maximum Gasteiger partial charge on any atom is 0.255 e. The van der Waals surface area contributed by atoms with Crippen LogP contribution in [-0.4, -0.2) is 8.42 Å². The zero-order valence-electron chi connectivity index (χ0n) is 10.3. The molecule has 0 radical (unpaired) electrons. The molecule has 0 aliphatic heterocycles. The van der Waals surface area contributed by atoms with Crippen molar-refractivity contribution in [1.82, 2.24) is 0 Å². The summed E-state index contributed by atoms with van der Waals surface area (Å²) in [5.74, 6) is -0.418.